The second-order valence-corrected chi connectivity index (χ2v) is 6.93. The van der Waals surface area contributed by atoms with E-state index in [1.807, 2.05) is 32.5 Å². The molecule has 0 aliphatic rings. The van der Waals surface area contributed by atoms with Crippen molar-refractivity contribution in [3.8, 4) is 0 Å². The molecular weight excluding hydrogens is 268 g/mol. The summed E-state index contributed by atoms with van der Waals surface area (Å²) in [5.74, 6) is 0.720. The van der Waals surface area contributed by atoms with Crippen LogP contribution < -0.4 is 11.1 Å². The molecule has 1 amide bonds. The lowest BCUT2D eigenvalue weighted by Gasteiger charge is -2.29. The molecule has 3 nitrogen and oxygen atoms in total. The Bertz CT molecular complexity index is 431. The van der Waals surface area contributed by atoms with Crippen LogP contribution in [0, 0.1) is 6.92 Å². The minimum atomic E-state index is -0.609. The number of nitrogens with one attached hydrogen (secondary N) is 1. The van der Waals surface area contributed by atoms with E-state index in [2.05, 4.69) is 36.5 Å². The van der Waals surface area contributed by atoms with E-state index in [1.165, 1.54) is 10.5 Å². The van der Waals surface area contributed by atoms with E-state index in [1.54, 1.807) is 0 Å². The monoisotopic (exact) mass is 294 g/mol. The second-order valence-electron chi connectivity index (χ2n) is 5.76. The summed E-state index contributed by atoms with van der Waals surface area (Å²) in [7, 11) is 0. The lowest BCUT2D eigenvalue weighted by atomic mass is 9.94. The van der Waals surface area contributed by atoms with Gasteiger partial charge in [-0.15, -0.1) is 11.8 Å². The van der Waals surface area contributed by atoms with E-state index in [4.69, 9.17) is 5.73 Å². The number of hydrogen-bond donors (Lipinski definition) is 2. The van der Waals surface area contributed by atoms with Gasteiger partial charge < -0.3 is 11.1 Å². The van der Waals surface area contributed by atoms with Crippen LogP contribution in [0.5, 0.6) is 0 Å². The molecule has 1 aromatic carbocycles. The smallest absolute Gasteiger partial charge is 0.237 e. The molecule has 0 heterocycles. The number of carbonyl (C=O) groups is 1. The number of nitrogens with two attached hydrogens (primary N) is 1. The first-order chi connectivity index (χ1) is 9.33. The normalized spacial score (nSPS) is 14.2. The Labute approximate surface area is 126 Å². The van der Waals surface area contributed by atoms with Gasteiger partial charge in [0.1, 0.15) is 0 Å². The molecule has 112 valence electrons. The van der Waals surface area contributed by atoms with Gasteiger partial charge in [-0.05, 0) is 58.4 Å². The van der Waals surface area contributed by atoms with Gasteiger partial charge in [-0.25, -0.2) is 0 Å². The van der Waals surface area contributed by atoms with Crippen molar-refractivity contribution in [1.82, 2.24) is 5.32 Å². The SMILES string of the molecule is Cc1ccc(SCCCC(C)(NC(C)C)C(N)=O)cc1. The van der Waals surface area contributed by atoms with Gasteiger partial charge in [0.15, 0.2) is 0 Å². The van der Waals surface area contributed by atoms with Crippen molar-refractivity contribution < 1.29 is 4.79 Å². The maximum absolute atomic E-state index is 11.6. The lowest BCUT2D eigenvalue weighted by Crippen LogP contribution is -2.55. The zero-order valence-electron chi connectivity index (χ0n) is 12.9. The largest absolute Gasteiger partial charge is 0.368 e. The van der Waals surface area contributed by atoms with E-state index in [0.717, 1.165) is 18.6 Å². The first-order valence-electron chi connectivity index (χ1n) is 7.10. The third-order valence-electron chi connectivity index (χ3n) is 3.26. The van der Waals surface area contributed by atoms with Gasteiger partial charge in [0.25, 0.3) is 0 Å². The van der Waals surface area contributed by atoms with Crippen molar-refractivity contribution in [3.63, 3.8) is 0 Å². The Hall–Kier alpha value is -1.00. The number of aryl methyl sites for hydroxylation is 1. The Morgan fingerprint density at radius 2 is 1.95 bits per heavy atom. The molecule has 4 heteroatoms. The number of hydrogen-bond acceptors (Lipinski definition) is 3. The van der Waals surface area contributed by atoms with Gasteiger partial charge in [-0.1, -0.05) is 17.7 Å². The molecule has 0 bridgehead atoms. The molecule has 1 rings (SSSR count). The van der Waals surface area contributed by atoms with Crippen LogP contribution in [-0.4, -0.2) is 23.2 Å². The van der Waals surface area contributed by atoms with Gasteiger partial charge in [-0.3, -0.25) is 4.79 Å². The first kappa shape index (κ1) is 17.1. The molecule has 1 atom stereocenters. The van der Waals surface area contributed by atoms with Crippen molar-refractivity contribution in [1.29, 1.82) is 0 Å². The molecule has 0 aromatic heterocycles. The van der Waals surface area contributed by atoms with Crippen LogP contribution in [-0.2, 0) is 4.79 Å². The summed E-state index contributed by atoms with van der Waals surface area (Å²) in [6, 6.07) is 8.77. The van der Waals surface area contributed by atoms with Gasteiger partial charge in [0.05, 0.1) is 5.54 Å². The number of thioether (sulfide) groups is 1. The molecule has 20 heavy (non-hydrogen) atoms. The molecule has 1 unspecified atom stereocenters. The van der Waals surface area contributed by atoms with Crippen LogP contribution in [0.4, 0.5) is 0 Å². The molecule has 0 saturated heterocycles. The standard InChI is InChI=1S/C16H26N2OS/c1-12(2)18-16(4,15(17)19)10-5-11-20-14-8-6-13(3)7-9-14/h6-9,12,18H,5,10-11H2,1-4H3,(H2,17,19). The minimum Gasteiger partial charge on any atom is -0.368 e. The van der Waals surface area contributed by atoms with Crippen molar-refractivity contribution in [3.05, 3.63) is 29.8 Å². The van der Waals surface area contributed by atoms with Gasteiger partial charge in [0.2, 0.25) is 5.91 Å². The summed E-state index contributed by atoms with van der Waals surface area (Å²) in [4.78, 5) is 12.9. The average Bonchev–Trinajstić information content (AvgIpc) is 2.36. The van der Waals surface area contributed by atoms with Crippen LogP contribution in [0.1, 0.15) is 39.2 Å². The number of carbonyl (C=O) groups excluding carboxylic acids is 1. The molecule has 0 aliphatic heterocycles. The fraction of sp³-hybridized carbons (Fsp3) is 0.562. The average molecular weight is 294 g/mol. The van der Waals surface area contributed by atoms with Crippen molar-refractivity contribution in [2.24, 2.45) is 5.73 Å². The highest BCUT2D eigenvalue weighted by Crippen LogP contribution is 2.22. The van der Waals surface area contributed by atoms with Crippen molar-refractivity contribution in [2.75, 3.05) is 5.75 Å². The first-order valence-corrected chi connectivity index (χ1v) is 8.09. The Morgan fingerprint density at radius 3 is 2.45 bits per heavy atom. The maximum atomic E-state index is 11.6. The zero-order valence-corrected chi connectivity index (χ0v) is 13.7. The molecule has 3 N–H and O–H groups in total. The second kappa shape index (κ2) is 7.70. The predicted molar refractivity (Wildman–Crippen MR) is 87.0 cm³/mol. The zero-order chi connectivity index (χ0) is 15.2. The third-order valence-corrected chi connectivity index (χ3v) is 4.36. The number of benzene rings is 1. The van der Waals surface area contributed by atoms with Gasteiger partial charge in [0, 0.05) is 10.9 Å². The number of rotatable bonds is 8. The van der Waals surface area contributed by atoms with Crippen LogP contribution in [0.25, 0.3) is 0 Å². The molecule has 0 spiro atoms. The third kappa shape index (κ3) is 5.55. The summed E-state index contributed by atoms with van der Waals surface area (Å²) >= 11 is 1.82. The fourth-order valence-corrected chi connectivity index (χ4v) is 3.01. The molecule has 1 aromatic rings. The van der Waals surface area contributed by atoms with Crippen LogP contribution in [0.15, 0.2) is 29.2 Å². The van der Waals surface area contributed by atoms with Crippen LogP contribution in [0.3, 0.4) is 0 Å². The van der Waals surface area contributed by atoms with E-state index in [-0.39, 0.29) is 11.9 Å². The fourth-order valence-electron chi connectivity index (χ4n) is 2.15. The van der Waals surface area contributed by atoms with Crippen molar-refractivity contribution >= 4 is 17.7 Å². The summed E-state index contributed by atoms with van der Waals surface area (Å²) in [5.41, 5.74) is 6.19. The van der Waals surface area contributed by atoms with Crippen LogP contribution in [0.2, 0.25) is 0 Å². The predicted octanol–water partition coefficient (Wildman–Crippen LogP) is 3.11. The van der Waals surface area contributed by atoms with E-state index in [9.17, 15) is 4.79 Å². The quantitative estimate of drug-likeness (QED) is 0.572. The summed E-state index contributed by atoms with van der Waals surface area (Å²) in [6.45, 7) is 8.04. The van der Waals surface area contributed by atoms with Gasteiger partial charge >= 0.3 is 0 Å². The molecule has 0 aliphatic carbocycles. The Morgan fingerprint density at radius 1 is 1.35 bits per heavy atom. The van der Waals surface area contributed by atoms with E-state index < -0.39 is 5.54 Å². The van der Waals surface area contributed by atoms with Crippen LogP contribution >= 0.6 is 11.8 Å². The highest BCUT2D eigenvalue weighted by atomic mass is 32.2. The minimum absolute atomic E-state index is 0.247. The number of primary amides is 1. The molecule has 0 fully saturated rings. The van der Waals surface area contributed by atoms with E-state index in [0.29, 0.717) is 0 Å². The summed E-state index contributed by atoms with van der Waals surface area (Å²) in [6.07, 6.45) is 1.72. The summed E-state index contributed by atoms with van der Waals surface area (Å²) in [5, 5.41) is 3.28. The lowest BCUT2D eigenvalue weighted by molar-refractivity contribution is -0.124. The topological polar surface area (TPSA) is 55.1 Å². The molecule has 0 radical (unpaired) electrons. The Kier molecular flexibility index (Phi) is 6.56. The van der Waals surface area contributed by atoms with Gasteiger partial charge in [-0.2, -0.15) is 0 Å². The maximum Gasteiger partial charge on any atom is 0.237 e. The highest BCUT2D eigenvalue weighted by molar-refractivity contribution is 7.99. The molecular formula is C16H26N2OS. The summed E-state index contributed by atoms with van der Waals surface area (Å²) < 4.78 is 0. The Balaban J connectivity index is 2.41. The van der Waals surface area contributed by atoms with Crippen molar-refractivity contribution in [2.45, 2.75) is 57.0 Å². The number of amides is 1. The highest BCUT2D eigenvalue weighted by Gasteiger charge is 2.30. The van der Waals surface area contributed by atoms with E-state index >= 15 is 0 Å². The molecule has 0 saturated carbocycles.